The van der Waals surface area contributed by atoms with Gasteiger partial charge in [-0.15, -0.1) is 0 Å². The van der Waals surface area contributed by atoms with Crippen molar-refractivity contribution < 1.29 is 4.42 Å². The van der Waals surface area contributed by atoms with Crippen LogP contribution in [0.1, 0.15) is 5.69 Å². The van der Waals surface area contributed by atoms with E-state index in [-0.39, 0.29) is 0 Å². The molecule has 1 N–H and O–H groups in total. The zero-order valence-electron chi connectivity index (χ0n) is 9.42. The largest absolute Gasteiger partial charge is 0.424 e. The third-order valence-corrected chi connectivity index (χ3v) is 2.48. The number of oxazole rings is 1. The van der Waals surface area contributed by atoms with Crippen molar-refractivity contribution in [3.8, 4) is 0 Å². The molecule has 0 bridgehead atoms. The Hall–Kier alpha value is -2.30. The zero-order chi connectivity index (χ0) is 11.7. The Balaban J connectivity index is 1.76. The van der Waals surface area contributed by atoms with Gasteiger partial charge in [-0.2, -0.15) is 10.1 Å². The summed E-state index contributed by atoms with van der Waals surface area (Å²) in [7, 11) is 1.89. The zero-order valence-corrected chi connectivity index (χ0v) is 9.42. The van der Waals surface area contributed by atoms with Crippen molar-refractivity contribution in [3.05, 3.63) is 42.2 Å². The molecule has 0 saturated heterocycles. The molecule has 3 aromatic rings. The number of benzene rings is 1. The monoisotopic (exact) mass is 228 g/mol. The smallest absolute Gasteiger partial charge is 0.296 e. The molecule has 0 fully saturated rings. The van der Waals surface area contributed by atoms with Crippen LogP contribution in [-0.2, 0) is 13.6 Å². The lowest BCUT2D eigenvalue weighted by Crippen LogP contribution is -2.01. The van der Waals surface area contributed by atoms with Gasteiger partial charge in [0.2, 0.25) is 0 Å². The molecule has 0 amide bonds. The molecule has 2 aromatic heterocycles. The Labute approximate surface area is 98.1 Å². The molecule has 0 saturated carbocycles. The Morgan fingerprint density at radius 2 is 2.18 bits per heavy atom. The van der Waals surface area contributed by atoms with Crippen LogP contribution < -0.4 is 5.32 Å². The Bertz CT molecular complexity index is 608. The molecule has 1 aromatic carbocycles. The highest BCUT2D eigenvalue weighted by molar-refractivity contribution is 5.74. The van der Waals surface area contributed by atoms with Crippen LogP contribution in [0.2, 0.25) is 0 Å². The van der Waals surface area contributed by atoms with E-state index in [1.165, 1.54) is 0 Å². The maximum absolute atomic E-state index is 5.54. The summed E-state index contributed by atoms with van der Waals surface area (Å²) in [4.78, 5) is 4.32. The summed E-state index contributed by atoms with van der Waals surface area (Å²) in [5.41, 5.74) is 2.60. The quantitative estimate of drug-likeness (QED) is 0.746. The van der Waals surface area contributed by atoms with Crippen LogP contribution in [-0.4, -0.2) is 14.8 Å². The molecule has 0 aliphatic carbocycles. The number of hydrogen-bond donors (Lipinski definition) is 1. The predicted molar refractivity (Wildman–Crippen MR) is 64.5 cm³/mol. The highest BCUT2D eigenvalue weighted by Crippen LogP contribution is 2.18. The summed E-state index contributed by atoms with van der Waals surface area (Å²) in [5.74, 6) is 0. The molecule has 0 atom stereocenters. The van der Waals surface area contributed by atoms with Crippen molar-refractivity contribution in [2.24, 2.45) is 7.05 Å². The van der Waals surface area contributed by atoms with E-state index in [2.05, 4.69) is 15.4 Å². The van der Waals surface area contributed by atoms with Gasteiger partial charge in [0.15, 0.2) is 5.58 Å². The minimum atomic E-state index is 0.525. The van der Waals surface area contributed by atoms with Crippen molar-refractivity contribution in [3.63, 3.8) is 0 Å². The van der Waals surface area contributed by atoms with Crippen molar-refractivity contribution in [1.82, 2.24) is 14.8 Å². The number of nitrogens with one attached hydrogen (secondary N) is 1. The summed E-state index contributed by atoms with van der Waals surface area (Å²) >= 11 is 0. The standard InChI is InChI=1S/C12H12N4O/c1-16-7-6-9(15-16)8-13-12-14-10-4-2-3-5-11(10)17-12/h2-7H,8H2,1H3,(H,13,14). The molecular formula is C12H12N4O. The van der Waals surface area contributed by atoms with Gasteiger partial charge in [0.05, 0.1) is 12.2 Å². The van der Waals surface area contributed by atoms with Crippen molar-refractivity contribution in [1.29, 1.82) is 0 Å². The molecule has 0 radical (unpaired) electrons. The molecule has 3 rings (SSSR count). The maximum atomic E-state index is 5.54. The normalized spacial score (nSPS) is 10.9. The van der Waals surface area contributed by atoms with Crippen LogP contribution in [0.4, 0.5) is 6.01 Å². The van der Waals surface area contributed by atoms with Gasteiger partial charge in [-0.25, -0.2) is 0 Å². The number of rotatable bonds is 3. The fraction of sp³-hybridized carbons (Fsp3) is 0.167. The van der Waals surface area contributed by atoms with E-state index >= 15 is 0 Å². The first kappa shape index (κ1) is 9.89. The van der Waals surface area contributed by atoms with Crippen molar-refractivity contribution in [2.75, 3.05) is 5.32 Å². The maximum Gasteiger partial charge on any atom is 0.296 e. The molecule has 2 heterocycles. The molecule has 0 spiro atoms. The summed E-state index contributed by atoms with van der Waals surface area (Å²) in [6, 6.07) is 10.2. The molecule has 17 heavy (non-hydrogen) atoms. The van der Waals surface area contributed by atoms with Gasteiger partial charge in [-0.1, -0.05) is 12.1 Å². The summed E-state index contributed by atoms with van der Waals surface area (Å²) in [6.45, 7) is 0.605. The van der Waals surface area contributed by atoms with Crippen LogP contribution >= 0.6 is 0 Å². The SMILES string of the molecule is Cn1ccc(CNc2nc3ccccc3o2)n1. The molecule has 5 nitrogen and oxygen atoms in total. The van der Waals surface area contributed by atoms with Crippen LogP contribution in [0.3, 0.4) is 0 Å². The van der Waals surface area contributed by atoms with Gasteiger partial charge in [-0.3, -0.25) is 4.68 Å². The summed E-state index contributed by atoms with van der Waals surface area (Å²) in [5, 5.41) is 7.37. The van der Waals surface area contributed by atoms with Crippen molar-refractivity contribution >= 4 is 17.1 Å². The lowest BCUT2D eigenvalue weighted by Gasteiger charge is -1.96. The van der Waals surface area contributed by atoms with Gasteiger partial charge in [0.25, 0.3) is 6.01 Å². The number of aromatic nitrogens is 3. The lowest BCUT2D eigenvalue weighted by molar-refractivity contribution is 0.612. The van der Waals surface area contributed by atoms with E-state index in [9.17, 15) is 0 Å². The van der Waals surface area contributed by atoms with E-state index in [0.717, 1.165) is 16.8 Å². The summed E-state index contributed by atoms with van der Waals surface area (Å²) in [6.07, 6.45) is 1.91. The fourth-order valence-electron chi connectivity index (χ4n) is 1.67. The number of aryl methyl sites for hydroxylation is 1. The Morgan fingerprint density at radius 3 is 2.94 bits per heavy atom. The number of fused-ring (bicyclic) bond motifs is 1. The van der Waals surface area contributed by atoms with E-state index in [1.54, 1.807) is 4.68 Å². The number of nitrogens with zero attached hydrogens (tertiary/aromatic N) is 3. The van der Waals surface area contributed by atoms with E-state index in [0.29, 0.717) is 12.6 Å². The van der Waals surface area contributed by atoms with Crippen molar-refractivity contribution in [2.45, 2.75) is 6.54 Å². The average Bonchev–Trinajstić information content (AvgIpc) is 2.91. The molecule has 0 aliphatic heterocycles. The summed E-state index contributed by atoms with van der Waals surface area (Å²) < 4.78 is 7.31. The third kappa shape index (κ3) is 1.99. The van der Waals surface area contributed by atoms with Crippen LogP contribution in [0.25, 0.3) is 11.1 Å². The minimum Gasteiger partial charge on any atom is -0.424 e. The van der Waals surface area contributed by atoms with E-state index < -0.39 is 0 Å². The first-order valence-electron chi connectivity index (χ1n) is 5.39. The first-order chi connectivity index (χ1) is 8.31. The van der Waals surface area contributed by atoms with Gasteiger partial charge < -0.3 is 9.73 Å². The van der Waals surface area contributed by atoms with E-state index in [1.807, 2.05) is 43.6 Å². The van der Waals surface area contributed by atoms with Gasteiger partial charge in [-0.05, 0) is 18.2 Å². The van der Waals surface area contributed by atoms with Crippen LogP contribution in [0, 0.1) is 0 Å². The minimum absolute atomic E-state index is 0.525. The molecular weight excluding hydrogens is 216 g/mol. The Kier molecular flexibility index (Phi) is 2.29. The topological polar surface area (TPSA) is 55.9 Å². The number of para-hydroxylation sites is 2. The van der Waals surface area contributed by atoms with Gasteiger partial charge in [0.1, 0.15) is 5.52 Å². The molecule has 0 aliphatic rings. The molecule has 86 valence electrons. The lowest BCUT2D eigenvalue weighted by atomic mass is 10.3. The highest BCUT2D eigenvalue weighted by atomic mass is 16.4. The third-order valence-electron chi connectivity index (χ3n) is 2.48. The number of anilines is 1. The van der Waals surface area contributed by atoms with Gasteiger partial charge >= 0.3 is 0 Å². The second kappa shape index (κ2) is 3.93. The predicted octanol–water partition coefficient (Wildman–Crippen LogP) is 2.17. The Morgan fingerprint density at radius 1 is 1.29 bits per heavy atom. The first-order valence-corrected chi connectivity index (χ1v) is 5.39. The molecule has 5 heteroatoms. The second-order valence-electron chi connectivity index (χ2n) is 3.82. The second-order valence-corrected chi connectivity index (χ2v) is 3.82. The average molecular weight is 228 g/mol. The molecule has 0 unspecified atom stereocenters. The fourth-order valence-corrected chi connectivity index (χ4v) is 1.67. The van der Waals surface area contributed by atoms with Gasteiger partial charge in [0, 0.05) is 13.2 Å². The van der Waals surface area contributed by atoms with Crippen LogP contribution in [0.5, 0.6) is 0 Å². The van der Waals surface area contributed by atoms with E-state index in [4.69, 9.17) is 4.42 Å². The van der Waals surface area contributed by atoms with Crippen LogP contribution in [0.15, 0.2) is 40.9 Å². The number of hydrogen-bond acceptors (Lipinski definition) is 4. The highest BCUT2D eigenvalue weighted by Gasteiger charge is 2.04.